The standard InChI is InChI=1S/C9H21N3O2/c1-6(2)8(5-14-3)12-4-7(10)9(11)13/h6-8,12H,4-5,10H2,1-3H3,(H2,11,13). The summed E-state index contributed by atoms with van der Waals surface area (Å²) < 4.78 is 5.04. The zero-order chi connectivity index (χ0) is 11.1. The van der Waals surface area contributed by atoms with E-state index < -0.39 is 11.9 Å². The van der Waals surface area contributed by atoms with Gasteiger partial charge >= 0.3 is 0 Å². The van der Waals surface area contributed by atoms with E-state index in [0.29, 0.717) is 19.1 Å². The van der Waals surface area contributed by atoms with Crippen LogP contribution in [0.4, 0.5) is 0 Å². The molecule has 0 saturated carbocycles. The highest BCUT2D eigenvalue weighted by molar-refractivity contribution is 5.79. The number of hydrogen-bond donors (Lipinski definition) is 3. The second kappa shape index (κ2) is 6.75. The summed E-state index contributed by atoms with van der Waals surface area (Å²) in [4.78, 5) is 10.7. The van der Waals surface area contributed by atoms with Gasteiger partial charge in [0, 0.05) is 19.7 Å². The molecule has 0 aliphatic rings. The van der Waals surface area contributed by atoms with E-state index in [0.717, 1.165) is 0 Å². The Bertz CT molecular complexity index is 173. The zero-order valence-electron chi connectivity index (χ0n) is 9.12. The molecule has 5 heteroatoms. The number of hydrogen-bond acceptors (Lipinski definition) is 4. The van der Waals surface area contributed by atoms with E-state index >= 15 is 0 Å². The molecule has 0 radical (unpaired) electrons. The van der Waals surface area contributed by atoms with Crippen LogP contribution in [-0.4, -0.2) is 38.3 Å². The summed E-state index contributed by atoms with van der Waals surface area (Å²) in [6.45, 7) is 5.14. The van der Waals surface area contributed by atoms with Gasteiger partial charge in [0.2, 0.25) is 5.91 Å². The molecule has 0 spiro atoms. The summed E-state index contributed by atoms with van der Waals surface area (Å²) in [5, 5.41) is 3.15. The van der Waals surface area contributed by atoms with Crippen molar-refractivity contribution >= 4 is 5.91 Å². The molecule has 1 amide bonds. The molecule has 5 N–H and O–H groups in total. The summed E-state index contributed by atoms with van der Waals surface area (Å²) >= 11 is 0. The number of primary amides is 1. The molecule has 0 aromatic rings. The van der Waals surface area contributed by atoms with Gasteiger partial charge in [-0.25, -0.2) is 0 Å². The van der Waals surface area contributed by atoms with Crippen molar-refractivity contribution in [2.45, 2.75) is 25.9 Å². The van der Waals surface area contributed by atoms with Gasteiger partial charge in [-0.1, -0.05) is 13.8 Å². The van der Waals surface area contributed by atoms with Crippen LogP contribution in [0.2, 0.25) is 0 Å². The fourth-order valence-corrected chi connectivity index (χ4v) is 1.05. The predicted octanol–water partition coefficient (Wildman–Crippen LogP) is -0.940. The Hall–Kier alpha value is -0.650. The second-order valence-corrected chi connectivity index (χ2v) is 3.72. The maximum atomic E-state index is 10.7. The van der Waals surface area contributed by atoms with Crippen LogP contribution < -0.4 is 16.8 Å². The lowest BCUT2D eigenvalue weighted by molar-refractivity contribution is -0.119. The Labute approximate surface area is 85.2 Å². The monoisotopic (exact) mass is 203 g/mol. The number of carbonyl (C=O) groups is 1. The summed E-state index contributed by atoms with van der Waals surface area (Å²) in [7, 11) is 1.64. The van der Waals surface area contributed by atoms with Crippen molar-refractivity contribution in [3.63, 3.8) is 0 Å². The average molecular weight is 203 g/mol. The van der Waals surface area contributed by atoms with E-state index in [9.17, 15) is 4.79 Å². The number of nitrogens with two attached hydrogens (primary N) is 2. The van der Waals surface area contributed by atoms with Gasteiger partial charge in [0.15, 0.2) is 0 Å². The summed E-state index contributed by atoms with van der Waals surface area (Å²) in [6, 6.07) is -0.432. The number of rotatable bonds is 7. The molecule has 0 aromatic heterocycles. The zero-order valence-corrected chi connectivity index (χ0v) is 9.12. The molecule has 0 heterocycles. The Morgan fingerprint density at radius 3 is 2.43 bits per heavy atom. The average Bonchev–Trinajstić information content (AvgIpc) is 2.10. The van der Waals surface area contributed by atoms with Crippen LogP contribution in [0.5, 0.6) is 0 Å². The molecule has 14 heavy (non-hydrogen) atoms. The molecule has 0 aliphatic carbocycles. The van der Waals surface area contributed by atoms with Crippen molar-refractivity contribution in [1.29, 1.82) is 0 Å². The molecule has 2 unspecified atom stereocenters. The highest BCUT2D eigenvalue weighted by Crippen LogP contribution is 2.01. The van der Waals surface area contributed by atoms with Crippen LogP contribution in [0.1, 0.15) is 13.8 Å². The number of ether oxygens (including phenoxy) is 1. The van der Waals surface area contributed by atoms with Crippen molar-refractivity contribution in [2.24, 2.45) is 17.4 Å². The van der Waals surface area contributed by atoms with Gasteiger partial charge in [-0.15, -0.1) is 0 Å². The van der Waals surface area contributed by atoms with E-state index in [2.05, 4.69) is 19.2 Å². The Kier molecular flexibility index (Phi) is 6.44. The third-order valence-corrected chi connectivity index (χ3v) is 2.12. The lowest BCUT2D eigenvalue weighted by Crippen LogP contribution is -2.49. The highest BCUT2D eigenvalue weighted by atomic mass is 16.5. The number of amides is 1. The van der Waals surface area contributed by atoms with Crippen LogP contribution in [0.3, 0.4) is 0 Å². The van der Waals surface area contributed by atoms with Crippen LogP contribution in [0, 0.1) is 5.92 Å². The topological polar surface area (TPSA) is 90.4 Å². The molecule has 0 aliphatic heterocycles. The van der Waals surface area contributed by atoms with E-state index in [-0.39, 0.29) is 6.04 Å². The number of carbonyl (C=O) groups excluding carboxylic acids is 1. The van der Waals surface area contributed by atoms with Gasteiger partial charge in [-0.05, 0) is 5.92 Å². The third kappa shape index (κ3) is 5.16. The Morgan fingerprint density at radius 1 is 1.50 bits per heavy atom. The van der Waals surface area contributed by atoms with Crippen molar-refractivity contribution in [3.8, 4) is 0 Å². The SMILES string of the molecule is COCC(NCC(N)C(N)=O)C(C)C. The lowest BCUT2D eigenvalue weighted by Gasteiger charge is -2.22. The largest absolute Gasteiger partial charge is 0.383 e. The maximum Gasteiger partial charge on any atom is 0.235 e. The Balaban J connectivity index is 3.87. The minimum Gasteiger partial charge on any atom is -0.383 e. The fraction of sp³-hybridized carbons (Fsp3) is 0.889. The number of nitrogens with one attached hydrogen (secondary N) is 1. The minimum absolute atomic E-state index is 0.199. The molecular weight excluding hydrogens is 182 g/mol. The first-order valence-corrected chi connectivity index (χ1v) is 4.76. The quantitative estimate of drug-likeness (QED) is 0.498. The summed E-state index contributed by atoms with van der Waals surface area (Å²) in [6.07, 6.45) is 0. The smallest absolute Gasteiger partial charge is 0.235 e. The van der Waals surface area contributed by atoms with E-state index in [1.165, 1.54) is 0 Å². The molecule has 5 nitrogen and oxygen atoms in total. The van der Waals surface area contributed by atoms with E-state index in [1.54, 1.807) is 7.11 Å². The van der Waals surface area contributed by atoms with Crippen molar-refractivity contribution in [3.05, 3.63) is 0 Å². The molecule has 2 atom stereocenters. The fourth-order valence-electron chi connectivity index (χ4n) is 1.05. The highest BCUT2D eigenvalue weighted by Gasteiger charge is 2.15. The molecule has 84 valence electrons. The summed E-state index contributed by atoms with van der Waals surface area (Å²) in [5.74, 6) is -0.0625. The normalized spacial score (nSPS) is 15.5. The molecule has 0 aromatic carbocycles. The first-order valence-electron chi connectivity index (χ1n) is 4.76. The van der Waals surface area contributed by atoms with Gasteiger partial charge in [0.1, 0.15) is 0 Å². The first kappa shape index (κ1) is 13.4. The van der Waals surface area contributed by atoms with Gasteiger partial charge in [0.05, 0.1) is 12.6 Å². The van der Waals surface area contributed by atoms with Crippen LogP contribution in [0.15, 0.2) is 0 Å². The van der Waals surface area contributed by atoms with Crippen molar-refractivity contribution in [2.75, 3.05) is 20.3 Å². The van der Waals surface area contributed by atoms with Gasteiger partial charge < -0.3 is 21.5 Å². The second-order valence-electron chi connectivity index (χ2n) is 3.72. The van der Waals surface area contributed by atoms with Crippen LogP contribution in [-0.2, 0) is 9.53 Å². The van der Waals surface area contributed by atoms with Crippen molar-refractivity contribution in [1.82, 2.24) is 5.32 Å². The lowest BCUT2D eigenvalue weighted by atomic mass is 10.1. The molecule has 0 bridgehead atoms. The van der Waals surface area contributed by atoms with Gasteiger partial charge in [-0.3, -0.25) is 4.79 Å². The number of methoxy groups -OCH3 is 1. The molecule has 0 fully saturated rings. The van der Waals surface area contributed by atoms with E-state index in [1.807, 2.05) is 0 Å². The maximum absolute atomic E-state index is 10.7. The summed E-state index contributed by atoms with van der Waals surface area (Å²) in [5.41, 5.74) is 10.5. The first-order chi connectivity index (χ1) is 6.49. The van der Waals surface area contributed by atoms with Crippen LogP contribution in [0.25, 0.3) is 0 Å². The van der Waals surface area contributed by atoms with Crippen molar-refractivity contribution < 1.29 is 9.53 Å². The molecular formula is C9H21N3O2. The minimum atomic E-state index is -0.631. The van der Waals surface area contributed by atoms with Gasteiger partial charge in [0.25, 0.3) is 0 Å². The molecule has 0 saturated heterocycles. The third-order valence-electron chi connectivity index (χ3n) is 2.12. The Morgan fingerprint density at radius 2 is 2.07 bits per heavy atom. The molecule has 0 rings (SSSR count). The van der Waals surface area contributed by atoms with Gasteiger partial charge in [-0.2, -0.15) is 0 Å². The van der Waals surface area contributed by atoms with E-state index in [4.69, 9.17) is 16.2 Å². The van der Waals surface area contributed by atoms with Crippen LogP contribution >= 0.6 is 0 Å². The predicted molar refractivity (Wildman–Crippen MR) is 55.7 cm³/mol.